The van der Waals surface area contributed by atoms with Crippen molar-refractivity contribution in [1.82, 2.24) is 24.8 Å². The number of aryl methyl sites for hydroxylation is 1. The number of benzene rings is 1. The lowest BCUT2D eigenvalue weighted by molar-refractivity contribution is -0.119. The fourth-order valence-electron chi connectivity index (χ4n) is 4.75. The lowest BCUT2D eigenvalue weighted by Crippen LogP contribution is -2.38. The summed E-state index contributed by atoms with van der Waals surface area (Å²) in [4.78, 5) is 34.1. The Morgan fingerprint density at radius 1 is 1.19 bits per heavy atom. The van der Waals surface area contributed by atoms with Crippen LogP contribution in [0, 0.1) is 12.7 Å². The van der Waals surface area contributed by atoms with Crippen LogP contribution in [0.25, 0.3) is 0 Å². The first-order chi connectivity index (χ1) is 15.6. The number of amides is 1. The van der Waals surface area contributed by atoms with Gasteiger partial charge in [-0.1, -0.05) is 18.2 Å². The Labute approximate surface area is 186 Å². The van der Waals surface area contributed by atoms with Crippen molar-refractivity contribution in [1.29, 1.82) is 0 Å². The summed E-state index contributed by atoms with van der Waals surface area (Å²) in [5, 5.41) is 0. The number of H-pyrrole nitrogens is 1. The molecule has 1 N–H and O–H groups in total. The molecule has 4 heterocycles. The van der Waals surface area contributed by atoms with Gasteiger partial charge in [0.2, 0.25) is 5.91 Å². The van der Waals surface area contributed by atoms with E-state index in [4.69, 9.17) is 9.97 Å². The zero-order valence-electron chi connectivity index (χ0n) is 18.2. The molecule has 7 nitrogen and oxygen atoms in total. The van der Waals surface area contributed by atoms with Gasteiger partial charge in [-0.15, -0.1) is 0 Å². The summed E-state index contributed by atoms with van der Waals surface area (Å²) >= 11 is 0. The van der Waals surface area contributed by atoms with Crippen molar-refractivity contribution in [3.63, 3.8) is 0 Å². The van der Waals surface area contributed by atoms with Crippen LogP contribution in [0.4, 0.5) is 10.2 Å². The number of halogens is 1. The number of nitrogens with zero attached hydrogens (tertiary/aromatic N) is 5. The molecule has 1 atom stereocenters. The fourth-order valence-corrected chi connectivity index (χ4v) is 4.75. The second kappa shape index (κ2) is 8.78. The van der Waals surface area contributed by atoms with E-state index in [1.807, 2.05) is 13.1 Å². The van der Waals surface area contributed by atoms with Gasteiger partial charge in [0.1, 0.15) is 23.3 Å². The summed E-state index contributed by atoms with van der Waals surface area (Å²) in [5.74, 6) is 2.24. The maximum Gasteiger partial charge on any atom is 0.228 e. The molecule has 1 amide bonds. The molecule has 0 aliphatic carbocycles. The monoisotopic (exact) mass is 434 g/mol. The standard InChI is InChI=1S/C24H27FN6O/c1-16-19-8-9-22(32)31(14-17-5-2-3-7-20(17)25)24(19)29-23(28-16)18-6-4-12-30(13-18)15-21-26-10-11-27-21/h2-3,5,7,10-11,18H,4,6,8-9,12-15H2,1H3,(H,26,27)/t18-/m0/s1. The molecule has 0 bridgehead atoms. The molecule has 0 unspecified atom stereocenters. The Kier molecular flexibility index (Phi) is 5.70. The number of hydrogen-bond donors (Lipinski definition) is 1. The number of rotatable bonds is 5. The van der Waals surface area contributed by atoms with Crippen LogP contribution in [0.3, 0.4) is 0 Å². The largest absolute Gasteiger partial charge is 0.348 e. The van der Waals surface area contributed by atoms with Gasteiger partial charge < -0.3 is 4.98 Å². The zero-order valence-corrected chi connectivity index (χ0v) is 18.2. The van der Waals surface area contributed by atoms with E-state index in [1.54, 1.807) is 29.3 Å². The van der Waals surface area contributed by atoms with Crippen molar-refractivity contribution in [2.75, 3.05) is 18.0 Å². The van der Waals surface area contributed by atoms with Gasteiger partial charge in [-0.05, 0) is 38.8 Å². The molecule has 1 aromatic carbocycles. The normalized spacial score (nSPS) is 19.2. The first-order valence-electron chi connectivity index (χ1n) is 11.2. The van der Waals surface area contributed by atoms with Crippen LogP contribution >= 0.6 is 0 Å². The molecule has 2 aliphatic rings. The number of carbonyl (C=O) groups excluding carboxylic acids is 1. The van der Waals surface area contributed by atoms with Crippen LogP contribution in [0.1, 0.15) is 53.7 Å². The van der Waals surface area contributed by atoms with E-state index < -0.39 is 0 Å². The molecule has 1 fully saturated rings. The van der Waals surface area contributed by atoms with Crippen LogP contribution in [0.15, 0.2) is 36.7 Å². The van der Waals surface area contributed by atoms with Gasteiger partial charge in [-0.3, -0.25) is 14.6 Å². The number of anilines is 1. The van der Waals surface area contributed by atoms with Crippen molar-refractivity contribution in [2.45, 2.75) is 51.6 Å². The highest BCUT2D eigenvalue weighted by atomic mass is 19.1. The quantitative estimate of drug-likeness (QED) is 0.665. The molecular weight excluding hydrogens is 407 g/mol. The molecule has 0 radical (unpaired) electrons. The maximum absolute atomic E-state index is 14.3. The van der Waals surface area contributed by atoms with Gasteiger partial charge in [0, 0.05) is 48.1 Å². The van der Waals surface area contributed by atoms with Crippen molar-refractivity contribution >= 4 is 11.7 Å². The lowest BCUT2D eigenvalue weighted by atomic mass is 9.96. The number of imidazole rings is 1. The van der Waals surface area contributed by atoms with Crippen molar-refractivity contribution in [2.24, 2.45) is 0 Å². The van der Waals surface area contributed by atoms with Crippen molar-refractivity contribution in [3.8, 4) is 0 Å². The Hall–Kier alpha value is -3.13. The van der Waals surface area contributed by atoms with E-state index in [2.05, 4.69) is 14.9 Å². The van der Waals surface area contributed by atoms with Gasteiger partial charge in [0.05, 0.1) is 13.1 Å². The van der Waals surface area contributed by atoms with Gasteiger partial charge in [0.15, 0.2) is 0 Å². The highest BCUT2D eigenvalue weighted by Gasteiger charge is 2.31. The molecule has 2 aliphatic heterocycles. The molecule has 5 rings (SSSR count). The summed E-state index contributed by atoms with van der Waals surface area (Å²) in [7, 11) is 0. The van der Waals surface area contributed by atoms with Gasteiger partial charge in [-0.2, -0.15) is 0 Å². The first kappa shape index (κ1) is 20.8. The van der Waals surface area contributed by atoms with E-state index >= 15 is 0 Å². The average molecular weight is 435 g/mol. The predicted molar refractivity (Wildman–Crippen MR) is 119 cm³/mol. The number of nitrogens with one attached hydrogen (secondary N) is 1. The van der Waals surface area contributed by atoms with Crippen LogP contribution in [0.2, 0.25) is 0 Å². The van der Waals surface area contributed by atoms with Gasteiger partial charge in [0.25, 0.3) is 0 Å². The average Bonchev–Trinajstić information content (AvgIpc) is 3.30. The molecular formula is C24H27FN6O. The number of piperidine rings is 1. The van der Waals surface area contributed by atoms with E-state index in [9.17, 15) is 9.18 Å². The summed E-state index contributed by atoms with van der Waals surface area (Å²) in [6, 6.07) is 6.60. The van der Waals surface area contributed by atoms with Crippen LogP contribution in [0.5, 0.6) is 0 Å². The topological polar surface area (TPSA) is 78.0 Å². The third-order valence-corrected chi connectivity index (χ3v) is 6.44. The summed E-state index contributed by atoms with van der Waals surface area (Å²) in [6.45, 7) is 4.80. The molecule has 166 valence electrons. The summed E-state index contributed by atoms with van der Waals surface area (Å²) in [6.07, 6.45) is 6.70. The molecule has 0 spiro atoms. The van der Waals surface area contributed by atoms with Crippen LogP contribution in [-0.4, -0.2) is 43.8 Å². The van der Waals surface area contributed by atoms with Crippen LogP contribution in [-0.2, 0) is 24.3 Å². The number of carbonyl (C=O) groups is 1. The highest BCUT2D eigenvalue weighted by Crippen LogP contribution is 2.33. The maximum atomic E-state index is 14.3. The molecule has 32 heavy (non-hydrogen) atoms. The van der Waals surface area contributed by atoms with Crippen molar-refractivity contribution in [3.05, 3.63) is 70.9 Å². The Balaban J connectivity index is 1.43. The molecule has 0 saturated carbocycles. The van der Waals surface area contributed by atoms with E-state index in [0.717, 1.165) is 55.4 Å². The molecule has 1 saturated heterocycles. The van der Waals surface area contributed by atoms with E-state index in [1.165, 1.54) is 6.07 Å². The number of aromatic nitrogens is 4. The minimum Gasteiger partial charge on any atom is -0.348 e. The third-order valence-electron chi connectivity index (χ3n) is 6.44. The van der Waals surface area contributed by atoms with Crippen LogP contribution < -0.4 is 4.90 Å². The van der Waals surface area contributed by atoms with Crippen molar-refractivity contribution < 1.29 is 9.18 Å². The minimum atomic E-state index is -0.306. The highest BCUT2D eigenvalue weighted by molar-refractivity contribution is 5.95. The lowest BCUT2D eigenvalue weighted by Gasteiger charge is -2.33. The Bertz CT molecular complexity index is 1120. The third kappa shape index (κ3) is 4.14. The van der Waals surface area contributed by atoms with Gasteiger partial charge >= 0.3 is 0 Å². The van der Waals surface area contributed by atoms with Gasteiger partial charge in [-0.25, -0.2) is 19.3 Å². The molecule has 8 heteroatoms. The number of hydrogen-bond acceptors (Lipinski definition) is 5. The van der Waals surface area contributed by atoms with E-state index in [-0.39, 0.29) is 24.2 Å². The molecule has 3 aromatic rings. The SMILES string of the molecule is Cc1nc([C@H]2CCCN(Cc3ncc[nH]3)C2)nc2c1CCC(=O)N2Cc1ccccc1F. The second-order valence-electron chi connectivity index (χ2n) is 8.65. The minimum absolute atomic E-state index is 0.0205. The zero-order chi connectivity index (χ0) is 22.1. The number of aromatic amines is 1. The predicted octanol–water partition coefficient (Wildman–Crippen LogP) is 3.51. The molecule has 2 aromatic heterocycles. The number of likely N-dealkylation sites (tertiary alicyclic amines) is 1. The summed E-state index contributed by atoms with van der Waals surface area (Å²) < 4.78 is 14.3. The first-order valence-corrected chi connectivity index (χ1v) is 11.2. The Morgan fingerprint density at radius 3 is 2.88 bits per heavy atom. The van der Waals surface area contributed by atoms with E-state index in [0.29, 0.717) is 24.2 Å². The second-order valence-corrected chi connectivity index (χ2v) is 8.65. The summed E-state index contributed by atoms with van der Waals surface area (Å²) in [5.41, 5.74) is 2.40. The Morgan fingerprint density at radius 2 is 2.06 bits per heavy atom. The number of fused-ring (bicyclic) bond motifs is 1. The smallest absolute Gasteiger partial charge is 0.228 e. The fraction of sp³-hybridized carbons (Fsp3) is 0.417.